The van der Waals surface area contributed by atoms with Gasteiger partial charge in [0, 0.05) is 0 Å². The van der Waals surface area contributed by atoms with E-state index < -0.39 is 29.5 Å². The lowest BCUT2D eigenvalue weighted by Crippen LogP contribution is -2.10. The van der Waals surface area contributed by atoms with Crippen LogP contribution < -0.4 is 0 Å². The van der Waals surface area contributed by atoms with Gasteiger partial charge in [-0.25, -0.2) is 4.39 Å². The second-order valence-electron chi connectivity index (χ2n) is 3.25. The quantitative estimate of drug-likeness (QED) is 0.614. The van der Waals surface area contributed by atoms with Gasteiger partial charge in [-0.05, 0) is 30.7 Å². The number of aliphatic hydroxyl groups is 1. The van der Waals surface area contributed by atoms with Gasteiger partial charge in [-0.3, -0.25) is 0 Å². The Bertz CT molecular complexity index is 385. The van der Waals surface area contributed by atoms with Gasteiger partial charge in [-0.15, -0.1) is 0 Å². The minimum absolute atomic E-state index is 0.392. The summed E-state index contributed by atoms with van der Waals surface area (Å²) in [5, 5.41) is 4.09. The predicted octanol–water partition coefficient (Wildman–Crippen LogP) is 3.96. The SMILES string of the molecule is Cc1ccc(F)c(C(F)(F)F)c1.OCC(F)(F)Cl. The molecular weight excluding hydrogens is 286 g/mol. The fraction of sp³-hybridized carbons (Fsp3) is 0.400. The normalized spacial score (nSPS) is 11.8. The third-order valence-corrected chi connectivity index (χ3v) is 1.73. The molecule has 0 bridgehead atoms. The highest BCUT2D eigenvalue weighted by molar-refractivity contribution is 6.21. The Kier molecular flexibility index (Phi) is 5.95. The highest BCUT2D eigenvalue weighted by Crippen LogP contribution is 2.31. The summed E-state index contributed by atoms with van der Waals surface area (Å²) in [7, 11) is 0. The summed E-state index contributed by atoms with van der Waals surface area (Å²) in [5.74, 6) is -1.23. The smallest absolute Gasteiger partial charge is 0.389 e. The van der Waals surface area contributed by atoms with Crippen LogP contribution in [0.3, 0.4) is 0 Å². The van der Waals surface area contributed by atoms with Crippen LogP contribution in [-0.2, 0) is 6.18 Å². The van der Waals surface area contributed by atoms with Crippen LogP contribution in [0.1, 0.15) is 11.1 Å². The fourth-order valence-corrected chi connectivity index (χ4v) is 0.856. The van der Waals surface area contributed by atoms with E-state index in [0.717, 1.165) is 12.1 Å². The van der Waals surface area contributed by atoms with Crippen LogP contribution in [0.5, 0.6) is 0 Å². The Hall–Kier alpha value is -0.950. The zero-order chi connectivity index (χ0) is 14.6. The van der Waals surface area contributed by atoms with Crippen molar-refractivity contribution in [2.45, 2.75) is 18.5 Å². The number of aliphatic hydroxyl groups excluding tert-OH is 1. The van der Waals surface area contributed by atoms with Gasteiger partial charge >= 0.3 is 11.6 Å². The summed E-state index contributed by atoms with van der Waals surface area (Å²) in [4.78, 5) is 0. The molecule has 0 heterocycles. The molecule has 1 rings (SSSR count). The number of hydrogen-bond acceptors (Lipinski definition) is 1. The standard InChI is InChI=1S/C8H6F4.C2H3ClF2O/c1-5-2-3-7(9)6(4-5)8(10,11)12;3-2(4,5)1-6/h2-4H,1H3;6H,1H2. The molecule has 0 saturated heterocycles. The number of halogens is 7. The Morgan fingerprint density at radius 1 is 1.17 bits per heavy atom. The average molecular weight is 295 g/mol. The summed E-state index contributed by atoms with van der Waals surface area (Å²) in [5.41, 5.74) is -0.814. The van der Waals surface area contributed by atoms with E-state index in [-0.39, 0.29) is 0 Å². The Labute approximate surface area is 104 Å². The van der Waals surface area contributed by atoms with Crippen molar-refractivity contribution < 1.29 is 31.4 Å². The molecule has 1 aromatic carbocycles. The maximum absolute atomic E-state index is 12.5. The zero-order valence-electron chi connectivity index (χ0n) is 9.03. The third kappa shape index (κ3) is 6.70. The molecule has 1 aromatic rings. The maximum atomic E-state index is 12.5. The maximum Gasteiger partial charge on any atom is 0.419 e. The van der Waals surface area contributed by atoms with Gasteiger partial charge in [0.1, 0.15) is 12.4 Å². The van der Waals surface area contributed by atoms with Crippen LogP contribution in [0.2, 0.25) is 0 Å². The van der Waals surface area contributed by atoms with Gasteiger partial charge < -0.3 is 5.11 Å². The monoisotopic (exact) mass is 294 g/mol. The number of benzene rings is 1. The highest BCUT2D eigenvalue weighted by Gasteiger charge is 2.33. The first-order valence-electron chi connectivity index (χ1n) is 4.48. The molecule has 0 radical (unpaired) electrons. The summed E-state index contributed by atoms with van der Waals surface area (Å²) in [6.45, 7) is 0.184. The van der Waals surface area contributed by atoms with Crippen molar-refractivity contribution >= 4 is 11.6 Å². The minimum atomic E-state index is -4.60. The fourth-order valence-electron chi connectivity index (χ4n) is 0.856. The zero-order valence-corrected chi connectivity index (χ0v) is 9.79. The van der Waals surface area contributed by atoms with Crippen molar-refractivity contribution in [3.8, 4) is 0 Å². The van der Waals surface area contributed by atoms with E-state index in [0.29, 0.717) is 5.56 Å². The lowest BCUT2D eigenvalue weighted by molar-refractivity contribution is -0.140. The van der Waals surface area contributed by atoms with Crippen molar-refractivity contribution in [2.75, 3.05) is 6.61 Å². The molecule has 0 amide bonds. The number of aryl methyl sites for hydroxylation is 1. The van der Waals surface area contributed by atoms with E-state index in [1.54, 1.807) is 0 Å². The van der Waals surface area contributed by atoms with E-state index >= 15 is 0 Å². The summed E-state index contributed by atoms with van der Waals surface area (Å²) in [6, 6.07) is 2.90. The molecule has 0 aliphatic rings. The highest BCUT2D eigenvalue weighted by atomic mass is 35.5. The van der Waals surface area contributed by atoms with E-state index in [1.165, 1.54) is 13.0 Å². The number of hydrogen-bond donors (Lipinski definition) is 1. The van der Waals surface area contributed by atoms with Crippen LogP contribution in [0, 0.1) is 12.7 Å². The largest absolute Gasteiger partial charge is 0.419 e. The van der Waals surface area contributed by atoms with Crippen molar-refractivity contribution in [3.05, 3.63) is 35.1 Å². The van der Waals surface area contributed by atoms with Crippen LogP contribution in [0.4, 0.5) is 26.3 Å². The molecule has 1 N–H and O–H groups in total. The molecule has 8 heteroatoms. The Balaban J connectivity index is 0.000000411. The van der Waals surface area contributed by atoms with Crippen LogP contribution in [0.15, 0.2) is 18.2 Å². The minimum Gasteiger partial charge on any atom is -0.389 e. The molecule has 0 saturated carbocycles. The predicted molar refractivity (Wildman–Crippen MR) is 54.0 cm³/mol. The molecule has 0 spiro atoms. The second kappa shape index (κ2) is 6.29. The van der Waals surface area contributed by atoms with Crippen molar-refractivity contribution in [3.63, 3.8) is 0 Å². The molecule has 0 aliphatic heterocycles. The van der Waals surface area contributed by atoms with Crippen molar-refractivity contribution in [2.24, 2.45) is 0 Å². The van der Waals surface area contributed by atoms with Gasteiger partial charge in [-0.1, -0.05) is 11.6 Å². The first kappa shape index (κ1) is 17.1. The van der Waals surface area contributed by atoms with Crippen LogP contribution in [0.25, 0.3) is 0 Å². The average Bonchev–Trinajstić information content (AvgIpc) is 2.20. The molecule has 104 valence electrons. The van der Waals surface area contributed by atoms with E-state index in [1.807, 2.05) is 0 Å². The summed E-state index contributed by atoms with van der Waals surface area (Å²) in [6.07, 6.45) is -4.60. The van der Waals surface area contributed by atoms with Crippen molar-refractivity contribution in [1.29, 1.82) is 0 Å². The second-order valence-corrected chi connectivity index (χ2v) is 3.81. The first-order chi connectivity index (χ1) is 7.97. The Morgan fingerprint density at radius 3 is 1.89 bits per heavy atom. The summed E-state index contributed by atoms with van der Waals surface area (Å²) >= 11 is 4.13. The van der Waals surface area contributed by atoms with Gasteiger partial charge in [0.15, 0.2) is 0 Å². The Morgan fingerprint density at radius 2 is 1.61 bits per heavy atom. The third-order valence-electron chi connectivity index (χ3n) is 1.61. The molecular formula is C10H9ClF6O. The lowest BCUT2D eigenvalue weighted by atomic mass is 10.1. The van der Waals surface area contributed by atoms with Crippen LogP contribution in [-0.4, -0.2) is 17.1 Å². The molecule has 18 heavy (non-hydrogen) atoms. The van der Waals surface area contributed by atoms with Crippen molar-refractivity contribution in [1.82, 2.24) is 0 Å². The molecule has 1 nitrogen and oxygen atoms in total. The first-order valence-corrected chi connectivity index (χ1v) is 4.86. The van der Waals surface area contributed by atoms with E-state index in [4.69, 9.17) is 5.11 Å². The number of rotatable bonds is 1. The summed E-state index contributed by atoms with van der Waals surface area (Å²) < 4.78 is 70.4. The molecule has 0 atom stereocenters. The molecule has 0 fully saturated rings. The molecule has 0 unspecified atom stereocenters. The van der Waals surface area contributed by atoms with E-state index in [2.05, 4.69) is 11.6 Å². The number of alkyl halides is 6. The van der Waals surface area contributed by atoms with Gasteiger partial charge in [0.05, 0.1) is 5.56 Å². The molecule has 0 aromatic heterocycles. The van der Waals surface area contributed by atoms with Gasteiger partial charge in [0.2, 0.25) is 0 Å². The topological polar surface area (TPSA) is 20.2 Å². The van der Waals surface area contributed by atoms with Gasteiger partial charge in [0.25, 0.3) is 0 Å². The van der Waals surface area contributed by atoms with Gasteiger partial charge in [-0.2, -0.15) is 22.0 Å². The lowest BCUT2D eigenvalue weighted by Gasteiger charge is -2.07. The molecule has 0 aliphatic carbocycles. The van der Waals surface area contributed by atoms with E-state index in [9.17, 15) is 26.3 Å². The van der Waals surface area contributed by atoms with Crippen LogP contribution >= 0.6 is 11.6 Å².